The summed E-state index contributed by atoms with van der Waals surface area (Å²) >= 11 is 5.86. The third-order valence-corrected chi connectivity index (χ3v) is 7.91. The van der Waals surface area contributed by atoms with Crippen molar-refractivity contribution < 1.29 is 36.7 Å². The van der Waals surface area contributed by atoms with Crippen LogP contribution in [-0.2, 0) is 29.1 Å². The Labute approximate surface area is 212 Å². The molecular weight excluding hydrogens is 514 g/mol. The van der Waals surface area contributed by atoms with Crippen molar-refractivity contribution in [2.45, 2.75) is 36.7 Å². The van der Waals surface area contributed by atoms with Gasteiger partial charge < -0.3 is 24.5 Å². The number of carbonyl (C=O) groups excluding carboxylic acids is 3. The van der Waals surface area contributed by atoms with Crippen molar-refractivity contribution in [2.75, 3.05) is 19.8 Å². The number of benzene rings is 1. The Balaban J connectivity index is 1.56. The normalized spacial score (nSPS) is 20.6. The molecule has 13 heteroatoms. The summed E-state index contributed by atoms with van der Waals surface area (Å²) in [6.07, 6.45) is 2.12. The van der Waals surface area contributed by atoms with Gasteiger partial charge in [0.1, 0.15) is 24.5 Å². The number of urea groups is 1. The molecule has 1 fully saturated rings. The molecule has 1 saturated heterocycles. The first-order chi connectivity index (χ1) is 17.2. The number of sulfonamides is 1. The van der Waals surface area contributed by atoms with Crippen molar-refractivity contribution in [3.63, 3.8) is 0 Å². The molecule has 2 aromatic rings. The molecule has 36 heavy (non-hydrogen) atoms. The molecule has 0 bridgehead atoms. The number of halogens is 1. The number of hydrogen-bond acceptors (Lipinski definition) is 8. The van der Waals surface area contributed by atoms with E-state index < -0.39 is 46.7 Å². The van der Waals surface area contributed by atoms with Gasteiger partial charge in [-0.2, -0.15) is 4.31 Å². The molecule has 1 aromatic carbocycles. The molecule has 11 nitrogen and oxygen atoms in total. The average Bonchev–Trinajstić information content (AvgIpc) is 3.55. The standard InChI is InChI=1S/C23H24ClN3O8S/c1-2-33-22(29)19-16(25-23(30)26-20(19)18-6-4-12-34-18)13-35-21(28)17-5-3-11-27(17)36(31,32)15-9-7-14(24)8-10-15/h4,6-10,12,17,20H,2-3,5,11,13H2,1H3,(H2,25,26,30)/t17-,20+/m0/s1. The Morgan fingerprint density at radius 1 is 1.19 bits per heavy atom. The maximum Gasteiger partial charge on any atom is 0.338 e. The molecule has 2 atom stereocenters. The second-order valence-corrected chi connectivity index (χ2v) is 10.3. The maximum atomic E-state index is 13.1. The van der Waals surface area contributed by atoms with Gasteiger partial charge in [0.15, 0.2) is 0 Å². The fourth-order valence-electron chi connectivity index (χ4n) is 4.10. The fourth-order valence-corrected chi connectivity index (χ4v) is 5.87. The third kappa shape index (κ3) is 5.25. The lowest BCUT2D eigenvalue weighted by molar-refractivity contribution is -0.147. The number of nitrogens with zero attached hydrogens (tertiary/aromatic N) is 1. The number of ether oxygens (including phenoxy) is 2. The summed E-state index contributed by atoms with van der Waals surface area (Å²) in [5, 5.41) is 5.46. The molecule has 2 aliphatic heterocycles. The highest BCUT2D eigenvalue weighted by Gasteiger charge is 2.41. The maximum absolute atomic E-state index is 13.1. The largest absolute Gasteiger partial charge is 0.467 e. The predicted molar refractivity (Wildman–Crippen MR) is 126 cm³/mol. The van der Waals surface area contributed by atoms with Crippen LogP contribution in [0.2, 0.25) is 5.02 Å². The van der Waals surface area contributed by atoms with Crippen molar-refractivity contribution >= 4 is 39.6 Å². The molecule has 2 aliphatic rings. The van der Waals surface area contributed by atoms with Crippen LogP contribution in [-0.4, -0.2) is 56.5 Å². The Morgan fingerprint density at radius 3 is 2.61 bits per heavy atom. The highest BCUT2D eigenvalue weighted by Crippen LogP contribution is 2.30. The Bertz CT molecular complexity index is 1270. The third-order valence-electron chi connectivity index (χ3n) is 5.73. The SMILES string of the molecule is CCOC(=O)C1=C(COC(=O)[C@@H]2CCCN2S(=O)(=O)c2ccc(Cl)cc2)NC(=O)N[C@@H]1c1ccco1. The second-order valence-electron chi connectivity index (χ2n) is 8.00. The Hall–Kier alpha value is -3.35. The van der Waals surface area contributed by atoms with E-state index in [9.17, 15) is 22.8 Å². The number of furan rings is 1. The van der Waals surface area contributed by atoms with Crippen LogP contribution >= 0.6 is 11.6 Å². The molecule has 4 rings (SSSR count). The first-order valence-electron chi connectivity index (χ1n) is 11.2. The van der Waals surface area contributed by atoms with E-state index in [1.165, 1.54) is 30.5 Å². The van der Waals surface area contributed by atoms with E-state index in [-0.39, 0.29) is 41.5 Å². The van der Waals surface area contributed by atoms with E-state index in [1.807, 2.05) is 0 Å². The quantitative estimate of drug-likeness (QED) is 0.489. The lowest BCUT2D eigenvalue weighted by Crippen LogP contribution is -2.47. The number of amides is 2. The van der Waals surface area contributed by atoms with Crippen molar-refractivity contribution in [3.8, 4) is 0 Å². The van der Waals surface area contributed by atoms with Crippen LogP contribution in [0.3, 0.4) is 0 Å². The van der Waals surface area contributed by atoms with Gasteiger partial charge in [0.25, 0.3) is 0 Å². The monoisotopic (exact) mass is 537 g/mol. The highest BCUT2D eigenvalue weighted by atomic mass is 35.5. The molecule has 0 unspecified atom stereocenters. The number of rotatable bonds is 8. The topological polar surface area (TPSA) is 144 Å². The fraction of sp³-hybridized carbons (Fsp3) is 0.348. The van der Waals surface area contributed by atoms with Crippen LogP contribution in [0.25, 0.3) is 0 Å². The van der Waals surface area contributed by atoms with Gasteiger partial charge in [-0.25, -0.2) is 18.0 Å². The van der Waals surface area contributed by atoms with Crippen LogP contribution in [0.15, 0.2) is 63.2 Å². The van der Waals surface area contributed by atoms with Crippen molar-refractivity contribution in [1.82, 2.24) is 14.9 Å². The molecule has 2 N–H and O–H groups in total. The number of esters is 2. The lowest BCUT2D eigenvalue weighted by atomic mass is 10.0. The average molecular weight is 538 g/mol. The van der Waals surface area contributed by atoms with Gasteiger partial charge in [0, 0.05) is 11.6 Å². The van der Waals surface area contributed by atoms with E-state index in [0.717, 1.165) is 4.31 Å². The summed E-state index contributed by atoms with van der Waals surface area (Å²) in [6.45, 7) is 1.37. The lowest BCUT2D eigenvalue weighted by Gasteiger charge is -2.28. The second kappa shape index (κ2) is 10.7. The van der Waals surface area contributed by atoms with Crippen LogP contribution < -0.4 is 10.6 Å². The van der Waals surface area contributed by atoms with Gasteiger partial charge >= 0.3 is 18.0 Å². The van der Waals surface area contributed by atoms with Crippen molar-refractivity contribution in [1.29, 1.82) is 0 Å². The molecule has 0 spiro atoms. The molecule has 192 valence electrons. The van der Waals surface area contributed by atoms with Crippen molar-refractivity contribution in [2.24, 2.45) is 0 Å². The highest BCUT2D eigenvalue weighted by molar-refractivity contribution is 7.89. The summed E-state index contributed by atoms with van der Waals surface area (Å²) in [5.74, 6) is -1.25. The van der Waals surface area contributed by atoms with Gasteiger partial charge in [0.2, 0.25) is 10.0 Å². The summed E-state index contributed by atoms with van der Waals surface area (Å²) in [5.41, 5.74) is 0.0216. The van der Waals surface area contributed by atoms with Gasteiger partial charge in [-0.05, 0) is 56.2 Å². The molecule has 0 aliphatic carbocycles. The number of nitrogens with one attached hydrogen (secondary N) is 2. The zero-order chi connectivity index (χ0) is 25.9. The van der Waals surface area contributed by atoms with Crippen LogP contribution in [0.5, 0.6) is 0 Å². The van der Waals surface area contributed by atoms with E-state index in [2.05, 4.69) is 10.6 Å². The number of hydrogen-bond donors (Lipinski definition) is 2. The Kier molecular flexibility index (Phi) is 7.67. The van der Waals surface area contributed by atoms with Crippen LogP contribution in [0.1, 0.15) is 31.6 Å². The minimum atomic E-state index is -3.98. The summed E-state index contributed by atoms with van der Waals surface area (Å²) in [4.78, 5) is 38.0. The molecule has 2 amide bonds. The molecule has 0 saturated carbocycles. The van der Waals surface area contributed by atoms with Gasteiger partial charge in [-0.15, -0.1) is 0 Å². The van der Waals surface area contributed by atoms with Gasteiger partial charge in [-0.3, -0.25) is 4.79 Å². The Morgan fingerprint density at radius 2 is 1.94 bits per heavy atom. The molecule has 3 heterocycles. The number of carbonyl (C=O) groups is 3. The molecule has 1 aromatic heterocycles. The predicted octanol–water partition coefficient (Wildman–Crippen LogP) is 2.50. The van der Waals surface area contributed by atoms with Gasteiger partial charge in [0.05, 0.1) is 29.0 Å². The van der Waals surface area contributed by atoms with E-state index >= 15 is 0 Å². The minimum absolute atomic E-state index is 0.00538. The minimum Gasteiger partial charge on any atom is -0.467 e. The van der Waals surface area contributed by atoms with E-state index in [4.69, 9.17) is 25.5 Å². The first kappa shape index (κ1) is 25.7. The van der Waals surface area contributed by atoms with Crippen LogP contribution in [0.4, 0.5) is 4.79 Å². The van der Waals surface area contributed by atoms with Gasteiger partial charge in [-0.1, -0.05) is 11.6 Å². The van der Waals surface area contributed by atoms with Crippen LogP contribution in [0, 0.1) is 0 Å². The summed E-state index contributed by atoms with van der Waals surface area (Å²) < 4.78 is 43.3. The first-order valence-corrected chi connectivity index (χ1v) is 13.0. The van der Waals surface area contributed by atoms with Crippen molar-refractivity contribution in [3.05, 3.63) is 64.7 Å². The zero-order valence-corrected chi connectivity index (χ0v) is 20.8. The molecular formula is C23H24ClN3O8S. The molecule has 0 radical (unpaired) electrons. The van der Waals surface area contributed by atoms with E-state index in [0.29, 0.717) is 11.4 Å². The summed E-state index contributed by atoms with van der Waals surface area (Å²) in [6, 6.07) is 6.17. The summed E-state index contributed by atoms with van der Waals surface area (Å²) in [7, 11) is -3.98. The smallest absolute Gasteiger partial charge is 0.338 e. The zero-order valence-electron chi connectivity index (χ0n) is 19.2. The van der Waals surface area contributed by atoms with E-state index in [1.54, 1.807) is 19.1 Å².